The quantitative estimate of drug-likeness (QED) is 0.592. The number of anilines is 1. The minimum atomic E-state index is -0.313. The van der Waals surface area contributed by atoms with E-state index in [-0.39, 0.29) is 11.9 Å². The van der Waals surface area contributed by atoms with Gasteiger partial charge in [-0.1, -0.05) is 25.7 Å². The zero-order chi connectivity index (χ0) is 17.2. The maximum absolute atomic E-state index is 12.0. The van der Waals surface area contributed by atoms with Crippen LogP contribution in [-0.2, 0) is 9.53 Å². The highest BCUT2D eigenvalue weighted by atomic mass is 16.5. The van der Waals surface area contributed by atoms with E-state index < -0.39 is 0 Å². The summed E-state index contributed by atoms with van der Waals surface area (Å²) < 4.78 is 4.95. The maximum atomic E-state index is 12.0. The van der Waals surface area contributed by atoms with Crippen molar-refractivity contribution in [2.75, 3.05) is 18.5 Å². The number of esters is 1. The van der Waals surface area contributed by atoms with Crippen LogP contribution in [0.15, 0.2) is 24.3 Å². The predicted octanol–water partition coefficient (Wildman–Crippen LogP) is 3.50. The van der Waals surface area contributed by atoms with Crippen molar-refractivity contribution in [2.24, 2.45) is 0 Å². The normalized spacial score (nSPS) is 15.4. The van der Waals surface area contributed by atoms with Crippen LogP contribution in [0.2, 0.25) is 0 Å². The second-order valence-corrected chi connectivity index (χ2v) is 6.23. The molecular weight excluding hydrogens is 304 g/mol. The number of hydrogen-bond acceptors (Lipinski definition) is 4. The molecular formula is C19H28N2O3. The molecule has 0 unspecified atom stereocenters. The molecule has 1 amide bonds. The van der Waals surface area contributed by atoms with E-state index in [1.54, 1.807) is 19.1 Å². The first kappa shape index (κ1) is 18.3. The topological polar surface area (TPSA) is 67.4 Å². The molecule has 0 aliphatic heterocycles. The molecule has 0 saturated heterocycles. The molecule has 1 aliphatic carbocycles. The van der Waals surface area contributed by atoms with E-state index in [4.69, 9.17) is 4.74 Å². The Morgan fingerprint density at radius 3 is 2.38 bits per heavy atom. The van der Waals surface area contributed by atoms with Gasteiger partial charge in [-0.2, -0.15) is 0 Å². The van der Waals surface area contributed by atoms with Crippen molar-refractivity contribution < 1.29 is 14.3 Å². The number of amides is 1. The van der Waals surface area contributed by atoms with Crippen LogP contribution < -0.4 is 10.6 Å². The minimum absolute atomic E-state index is 0.109. The summed E-state index contributed by atoms with van der Waals surface area (Å²) in [6, 6.07) is 7.46. The molecule has 1 aliphatic rings. The van der Waals surface area contributed by atoms with Gasteiger partial charge in [-0.05, 0) is 44.0 Å². The molecule has 0 aromatic heterocycles. The maximum Gasteiger partial charge on any atom is 0.338 e. The summed E-state index contributed by atoms with van der Waals surface area (Å²) in [5, 5.41) is 6.35. The second-order valence-electron chi connectivity index (χ2n) is 6.23. The molecule has 0 radical (unpaired) electrons. The van der Waals surface area contributed by atoms with Crippen molar-refractivity contribution in [3.8, 4) is 0 Å². The fourth-order valence-electron chi connectivity index (χ4n) is 2.98. The number of carbonyl (C=O) groups is 2. The minimum Gasteiger partial charge on any atom is -0.462 e. The Morgan fingerprint density at radius 2 is 1.75 bits per heavy atom. The Morgan fingerprint density at radius 1 is 1.08 bits per heavy atom. The molecule has 1 fully saturated rings. The highest BCUT2D eigenvalue weighted by Crippen LogP contribution is 2.17. The smallest absolute Gasteiger partial charge is 0.338 e. The standard InChI is InChI=1S/C19H28N2O3/c1-2-24-19(23)15-9-11-16(12-10-15)20-14-13-18(22)21-17-7-5-3-4-6-8-17/h9-12,17,20H,2-8,13-14H2,1H3,(H,21,22). The third kappa shape index (κ3) is 6.22. The van der Waals surface area contributed by atoms with Crippen molar-refractivity contribution in [1.82, 2.24) is 5.32 Å². The van der Waals surface area contributed by atoms with Gasteiger partial charge in [0.2, 0.25) is 5.91 Å². The lowest BCUT2D eigenvalue weighted by atomic mass is 10.1. The van der Waals surface area contributed by atoms with Crippen molar-refractivity contribution in [1.29, 1.82) is 0 Å². The number of benzene rings is 1. The van der Waals surface area contributed by atoms with E-state index in [1.807, 2.05) is 12.1 Å². The lowest BCUT2D eigenvalue weighted by molar-refractivity contribution is -0.121. The molecule has 0 bridgehead atoms. The summed E-state index contributed by atoms with van der Waals surface area (Å²) in [5.74, 6) is -0.204. The van der Waals surface area contributed by atoms with Gasteiger partial charge in [0.05, 0.1) is 12.2 Å². The Labute approximate surface area is 144 Å². The number of hydrogen-bond donors (Lipinski definition) is 2. The van der Waals surface area contributed by atoms with Crippen LogP contribution in [-0.4, -0.2) is 31.1 Å². The van der Waals surface area contributed by atoms with Gasteiger partial charge in [0.25, 0.3) is 0 Å². The molecule has 5 nitrogen and oxygen atoms in total. The van der Waals surface area contributed by atoms with Crippen LogP contribution in [0.25, 0.3) is 0 Å². The van der Waals surface area contributed by atoms with Gasteiger partial charge >= 0.3 is 5.97 Å². The molecule has 24 heavy (non-hydrogen) atoms. The van der Waals surface area contributed by atoms with Crippen LogP contribution in [0, 0.1) is 0 Å². The van der Waals surface area contributed by atoms with Crippen molar-refractivity contribution in [3.63, 3.8) is 0 Å². The predicted molar refractivity (Wildman–Crippen MR) is 95.1 cm³/mol. The number of nitrogens with one attached hydrogen (secondary N) is 2. The Balaban J connectivity index is 1.69. The third-order valence-corrected chi connectivity index (χ3v) is 4.30. The van der Waals surface area contributed by atoms with E-state index in [9.17, 15) is 9.59 Å². The van der Waals surface area contributed by atoms with Gasteiger partial charge < -0.3 is 15.4 Å². The molecule has 1 aromatic rings. The van der Waals surface area contributed by atoms with Gasteiger partial charge in [-0.3, -0.25) is 4.79 Å². The number of rotatable bonds is 7. The third-order valence-electron chi connectivity index (χ3n) is 4.30. The van der Waals surface area contributed by atoms with E-state index >= 15 is 0 Å². The summed E-state index contributed by atoms with van der Waals surface area (Å²) in [4.78, 5) is 23.6. The monoisotopic (exact) mass is 332 g/mol. The molecule has 0 heterocycles. The van der Waals surface area contributed by atoms with Crippen LogP contribution in [0.4, 0.5) is 5.69 Å². The largest absolute Gasteiger partial charge is 0.462 e. The summed E-state index contributed by atoms with van der Waals surface area (Å²) in [6.07, 6.45) is 7.68. The summed E-state index contributed by atoms with van der Waals surface area (Å²) in [5.41, 5.74) is 1.43. The van der Waals surface area contributed by atoms with Crippen LogP contribution in [0.3, 0.4) is 0 Å². The Kier molecular flexibility index (Phi) is 7.59. The molecule has 0 spiro atoms. The highest BCUT2D eigenvalue weighted by molar-refractivity contribution is 5.89. The molecule has 132 valence electrons. The first-order valence-electron chi connectivity index (χ1n) is 8.99. The lowest BCUT2D eigenvalue weighted by Gasteiger charge is -2.16. The van der Waals surface area contributed by atoms with Crippen molar-refractivity contribution in [2.45, 2.75) is 57.9 Å². The Hall–Kier alpha value is -2.04. The zero-order valence-corrected chi connectivity index (χ0v) is 14.5. The van der Waals surface area contributed by atoms with E-state index in [2.05, 4.69) is 10.6 Å². The molecule has 2 N–H and O–H groups in total. The molecule has 0 atom stereocenters. The summed E-state index contributed by atoms with van der Waals surface area (Å²) >= 11 is 0. The number of carbonyl (C=O) groups excluding carboxylic acids is 2. The average molecular weight is 332 g/mol. The first-order valence-corrected chi connectivity index (χ1v) is 8.99. The summed E-state index contributed by atoms with van der Waals surface area (Å²) in [6.45, 7) is 2.74. The fourth-order valence-corrected chi connectivity index (χ4v) is 2.98. The SMILES string of the molecule is CCOC(=O)c1ccc(NCCC(=O)NC2CCCCCC2)cc1. The molecule has 2 rings (SSSR count). The molecule has 1 aromatic carbocycles. The molecule has 1 saturated carbocycles. The van der Waals surface area contributed by atoms with Gasteiger partial charge in [0.1, 0.15) is 0 Å². The van der Waals surface area contributed by atoms with Crippen molar-refractivity contribution >= 4 is 17.6 Å². The number of ether oxygens (including phenoxy) is 1. The van der Waals surface area contributed by atoms with Gasteiger partial charge in [0.15, 0.2) is 0 Å². The van der Waals surface area contributed by atoms with Crippen LogP contribution >= 0.6 is 0 Å². The molecule has 5 heteroatoms. The lowest BCUT2D eigenvalue weighted by Crippen LogP contribution is -2.35. The van der Waals surface area contributed by atoms with Crippen molar-refractivity contribution in [3.05, 3.63) is 29.8 Å². The van der Waals surface area contributed by atoms with Gasteiger partial charge in [0, 0.05) is 24.7 Å². The van der Waals surface area contributed by atoms with E-state index in [0.717, 1.165) is 18.5 Å². The van der Waals surface area contributed by atoms with E-state index in [1.165, 1.54) is 25.7 Å². The van der Waals surface area contributed by atoms with E-state index in [0.29, 0.717) is 31.2 Å². The Bertz CT molecular complexity index is 520. The second kappa shape index (κ2) is 9.96. The average Bonchev–Trinajstić information content (AvgIpc) is 2.84. The van der Waals surface area contributed by atoms with Gasteiger partial charge in [-0.25, -0.2) is 4.79 Å². The van der Waals surface area contributed by atoms with Gasteiger partial charge in [-0.15, -0.1) is 0 Å². The highest BCUT2D eigenvalue weighted by Gasteiger charge is 2.14. The van der Waals surface area contributed by atoms with Crippen LogP contribution in [0.5, 0.6) is 0 Å². The van der Waals surface area contributed by atoms with Crippen LogP contribution in [0.1, 0.15) is 62.2 Å². The zero-order valence-electron chi connectivity index (χ0n) is 14.5. The fraction of sp³-hybridized carbons (Fsp3) is 0.579. The summed E-state index contributed by atoms with van der Waals surface area (Å²) in [7, 11) is 0. The first-order chi connectivity index (χ1) is 11.7.